The summed E-state index contributed by atoms with van der Waals surface area (Å²) in [6, 6.07) is 7.52. The molecule has 3 rings (SSSR count). The lowest BCUT2D eigenvalue weighted by molar-refractivity contribution is -0.128. The zero-order chi connectivity index (χ0) is 18.0. The molecule has 0 saturated carbocycles. The smallest absolute Gasteiger partial charge is 0.228 e. The molecule has 3 unspecified atom stereocenters. The van der Waals surface area contributed by atoms with E-state index in [0.29, 0.717) is 5.95 Å². The molecule has 1 amide bonds. The summed E-state index contributed by atoms with van der Waals surface area (Å²) in [5.74, 6) is 0.639. The van der Waals surface area contributed by atoms with E-state index in [1.807, 2.05) is 38.1 Å². The van der Waals surface area contributed by atoms with E-state index in [1.54, 1.807) is 7.11 Å². The Kier molecular flexibility index (Phi) is 4.67. The lowest BCUT2D eigenvalue weighted by Gasteiger charge is -2.35. The number of hydrogen-bond donors (Lipinski definition) is 3. The van der Waals surface area contributed by atoms with Crippen LogP contribution in [0.5, 0.6) is 5.75 Å². The van der Waals surface area contributed by atoms with Crippen LogP contribution in [-0.4, -0.2) is 35.3 Å². The third-order valence-corrected chi connectivity index (χ3v) is 4.33. The third-order valence-electron chi connectivity index (χ3n) is 4.33. The molecule has 0 radical (unpaired) electrons. The van der Waals surface area contributed by atoms with Crippen LogP contribution in [0.3, 0.4) is 0 Å². The lowest BCUT2D eigenvalue weighted by atomic mass is 9.95. The molecule has 1 aliphatic heterocycles. The van der Waals surface area contributed by atoms with Crippen molar-refractivity contribution in [3.8, 4) is 11.8 Å². The van der Waals surface area contributed by atoms with Gasteiger partial charge in [-0.05, 0) is 32.0 Å². The van der Waals surface area contributed by atoms with Crippen LogP contribution in [-0.2, 0) is 4.79 Å². The second kappa shape index (κ2) is 6.91. The van der Waals surface area contributed by atoms with Crippen molar-refractivity contribution in [2.45, 2.75) is 32.6 Å². The number of fused-ring (bicyclic) bond motifs is 1. The van der Waals surface area contributed by atoms with Crippen LogP contribution in [0.25, 0.3) is 10.9 Å². The van der Waals surface area contributed by atoms with E-state index in [2.05, 4.69) is 25.9 Å². The summed E-state index contributed by atoms with van der Waals surface area (Å²) in [5, 5.41) is 18.8. The summed E-state index contributed by atoms with van der Waals surface area (Å²) < 4.78 is 5.23. The fourth-order valence-corrected chi connectivity index (χ4v) is 2.92. The number of hydrogen-bond acceptors (Lipinski definition) is 7. The molecule has 8 heteroatoms. The SMILES string of the molecule is COc1ccc2nc(NC3NC(=O)C(CC#N)C(C)N3)nc(C)c2c1. The maximum absolute atomic E-state index is 12.1. The second-order valence-electron chi connectivity index (χ2n) is 6.03. The first kappa shape index (κ1) is 16.9. The predicted octanol–water partition coefficient (Wildman–Crippen LogP) is 1.28. The van der Waals surface area contributed by atoms with Crippen LogP contribution in [0.4, 0.5) is 5.95 Å². The highest BCUT2D eigenvalue weighted by Gasteiger charge is 2.33. The Balaban J connectivity index is 1.79. The number of benzene rings is 1. The van der Waals surface area contributed by atoms with Crippen LogP contribution < -0.4 is 20.7 Å². The van der Waals surface area contributed by atoms with Crippen molar-refractivity contribution < 1.29 is 9.53 Å². The molecule has 0 aliphatic carbocycles. The first-order valence-corrected chi connectivity index (χ1v) is 8.04. The highest BCUT2D eigenvalue weighted by Crippen LogP contribution is 2.23. The minimum Gasteiger partial charge on any atom is -0.497 e. The Morgan fingerprint density at radius 3 is 2.88 bits per heavy atom. The van der Waals surface area contributed by atoms with E-state index < -0.39 is 6.29 Å². The number of ether oxygens (including phenoxy) is 1. The quantitative estimate of drug-likeness (QED) is 0.768. The average Bonchev–Trinajstić information content (AvgIpc) is 2.58. The van der Waals surface area contributed by atoms with E-state index in [4.69, 9.17) is 10.00 Å². The van der Waals surface area contributed by atoms with Crippen molar-refractivity contribution >= 4 is 22.8 Å². The molecule has 3 atom stereocenters. The zero-order valence-electron chi connectivity index (χ0n) is 14.3. The summed E-state index contributed by atoms with van der Waals surface area (Å²) in [7, 11) is 1.62. The van der Waals surface area contributed by atoms with Crippen LogP contribution in [0.15, 0.2) is 18.2 Å². The van der Waals surface area contributed by atoms with Crippen molar-refractivity contribution in [3.63, 3.8) is 0 Å². The number of rotatable bonds is 4. The number of aromatic nitrogens is 2. The van der Waals surface area contributed by atoms with Crippen molar-refractivity contribution in [1.29, 1.82) is 5.26 Å². The Bertz CT molecular complexity index is 847. The van der Waals surface area contributed by atoms with Gasteiger partial charge in [-0.1, -0.05) is 0 Å². The molecule has 1 aromatic heterocycles. The van der Waals surface area contributed by atoms with Gasteiger partial charge in [0.15, 0.2) is 6.29 Å². The number of methoxy groups -OCH3 is 1. The van der Waals surface area contributed by atoms with Crippen molar-refractivity contribution in [1.82, 2.24) is 20.6 Å². The van der Waals surface area contributed by atoms with Gasteiger partial charge in [0, 0.05) is 17.8 Å². The monoisotopic (exact) mass is 340 g/mol. The first-order chi connectivity index (χ1) is 12.0. The number of carbonyl (C=O) groups is 1. The van der Waals surface area contributed by atoms with Crippen LogP contribution >= 0.6 is 0 Å². The largest absolute Gasteiger partial charge is 0.497 e. The molecule has 25 heavy (non-hydrogen) atoms. The molecule has 3 N–H and O–H groups in total. The second-order valence-corrected chi connectivity index (χ2v) is 6.03. The van der Waals surface area contributed by atoms with Gasteiger partial charge < -0.3 is 15.4 Å². The van der Waals surface area contributed by atoms with Gasteiger partial charge in [0.2, 0.25) is 11.9 Å². The minimum atomic E-state index is -0.493. The van der Waals surface area contributed by atoms with E-state index in [0.717, 1.165) is 22.3 Å². The Labute approximate surface area is 145 Å². The molecule has 1 aromatic carbocycles. The van der Waals surface area contributed by atoms with E-state index in [-0.39, 0.29) is 24.3 Å². The van der Waals surface area contributed by atoms with Crippen molar-refractivity contribution in [2.75, 3.05) is 12.4 Å². The van der Waals surface area contributed by atoms with Gasteiger partial charge in [-0.25, -0.2) is 9.97 Å². The van der Waals surface area contributed by atoms with Gasteiger partial charge in [-0.3, -0.25) is 10.1 Å². The van der Waals surface area contributed by atoms with Crippen molar-refractivity contribution in [3.05, 3.63) is 23.9 Å². The van der Waals surface area contributed by atoms with Gasteiger partial charge in [-0.2, -0.15) is 5.26 Å². The predicted molar refractivity (Wildman–Crippen MR) is 92.7 cm³/mol. The van der Waals surface area contributed by atoms with Crippen molar-refractivity contribution in [2.24, 2.45) is 5.92 Å². The van der Waals surface area contributed by atoms with Crippen LogP contribution in [0, 0.1) is 24.2 Å². The first-order valence-electron chi connectivity index (χ1n) is 8.04. The molecular formula is C17H20N6O2. The molecule has 2 heterocycles. The number of nitrogens with one attached hydrogen (secondary N) is 3. The van der Waals surface area contributed by atoms with Gasteiger partial charge >= 0.3 is 0 Å². The highest BCUT2D eigenvalue weighted by molar-refractivity contribution is 5.83. The molecule has 8 nitrogen and oxygen atoms in total. The number of nitrogens with zero attached hydrogens (tertiary/aromatic N) is 3. The normalized spacial score (nSPS) is 23.0. The number of anilines is 1. The van der Waals surface area contributed by atoms with Gasteiger partial charge in [0.1, 0.15) is 5.75 Å². The van der Waals surface area contributed by atoms with Gasteiger partial charge in [-0.15, -0.1) is 0 Å². The maximum Gasteiger partial charge on any atom is 0.228 e. The summed E-state index contributed by atoms with van der Waals surface area (Å²) in [5.41, 5.74) is 1.59. The highest BCUT2D eigenvalue weighted by atomic mass is 16.5. The molecule has 1 saturated heterocycles. The summed E-state index contributed by atoms with van der Waals surface area (Å²) >= 11 is 0. The fraction of sp³-hybridized carbons (Fsp3) is 0.412. The average molecular weight is 340 g/mol. The molecule has 130 valence electrons. The minimum absolute atomic E-state index is 0.128. The van der Waals surface area contributed by atoms with Gasteiger partial charge in [0.25, 0.3) is 0 Å². The molecule has 2 aromatic rings. The summed E-state index contributed by atoms with van der Waals surface area (Å²) in [4.78, 5) is 21.1. The number of nitriles is 1. The molecule has 1 fully saturated rings. The Morgan fingerprint density at radius 2 is 2.20 bits per heavy atom. The fourth-order valence-electron chi connectivity index (χ4n) is 2.92. The van der Waals surface area contributed by atoms with Crippen LogP contribution in [0.2, 0.25) is 0 Å². The number of amides is 1. The zero-order valence-corrected chi connectivity index (χ0v) is 14.3. The maximum atomic E-state index is 12.1. The number of carbonyl (C=O) groups excluding carboxylic acids is 1. The molecule has 0 spiro atoms. The van der Waals surface area contributed by atoms with Gasteiger partial charge in [0.05, 0.1) is 30.3 Å². The van der Waals surface area contributed by atoms with E-state index in [9.17, 15) is 4.79 Å². The number of aryl methyl sites for hydroxylation is 1. The molecular weight excluding hydrogens is 320 g/mol. The lowest BCUT2D eigenvalue weighted by Crippen LogP contribution is -2.63. The topological polar surface area (TPSA) is 112 Å². The Hall–Kier alpha value is -2.92. The molecule has 1 aliphatic rings. The summed E-state index contributed by atoms with van der Waals surface area (Å²) in [6.07, 6.45) is -0.312. The third kappa shape index (κ3) is 3.46. The standard InChI is InChI=1S/C17H20N6O2/c1-9-12(6-7-18)15(24)22-17(19-9)23-16-20-10(2)13-8-11(25-3)4-5-14(13)21-16/h4-5,8-9,12,17,19H,6H2,1-3H3,(H,22,24)(H,20,21,23). The van der Waals surface area contributed by atoms with Crippen LogP contribution in [0.1, 0.15) is 19.0 Å². The molecule has 0 bridgehead atoms. The summed E-state index contributed by atoms with van der Waals surface area (Å²) in [6.45, 7) is 3.78. The van der Waals surface area contributed by atoms with E-state index >= 15 is 0 Å². The Morgan fingerprint density at radius 1 is 1.40 bits per heavy atom. The van der Waals surface area contributed by atoms with E-state index in [1.165, 1.54) is 0 Å².